The SMILES string of the molecule is CNC(=O)CN(Cc1ccccc1C)c1ccccc1C. The molecule has 1 amide bonds. The van der Waals surface area contributed by atoms with Gasteiger partial charge in [-0.15, -0.1) is 0 Å². The number of benzene rings is 2. The van der Waals surface area contributed by atoms with Crippen LogP contribution >= 0.6 is 0 Å². The Labute approximate surface area is 126 Å². The van der Waals surface area contributed by atoms with Crippen molar-refractivity contribution in [2.75, 3.05) is 18.5 Å². The van der Waals surface area contributed by atoms with Gasteiger partial charge in [-0.2, -0.15) is 0 Å². The van der Waals surface area contributed by atoms with E-state index in [1.54, 1.807) is 7.05 Å². The van der Waals surface area contributed by atoms with Gasteiger partial charge in [-0.25, -0.2) is 0 Å². The molecule has 0 saturated carbocycles. The molecule has 2 rings (SSSR count). The lowest BCUT2D eigenvalue weighted by atomic mass is 10.1. The van der Waals surface area contributed by atoms with Gasteiger partial charge >= 0.3 is 0 Å². The maximum atomic E-state index is 11.8. The van der Waals surface area contributed by atoms with Crippen LogP contribution in [-0.4, -0.2) is 19.5 Å². The molecular formula is C18H22N2O. The molecule has 0 atom stereocenters. The van der Waals surface area contributed by atoms with E-state index < -0.39 is 0 Å². The zero-order chi connectivity index (χ0) is 15.2. The molecule has 2 aromatic carbocycles. The van der Waals surface area contributed by atoms with Gasteiger partial charge in [0.05, 0.1) is 6.54 Å². The lowest BCUT2D eigenvalue weighted by molar-refractivity contribution is -0.119. The molecule has 0 radical (unpaired) electrons. The van der Waals surface area contributed by atoms with Gasteiger partial charge in [-0.1, -0.05) is 42.5 Å². The van der Waals surface area contributed by atoms with E-state index in [2.05, 4.69) is 48.3 Å². The summed E-state index contributed by atoms with van der Waals surface area (Å²) in [5.74, 6) is 0.0202. The van der Waals surface area contributed by atoms with Crippen molar-refractivity contribution in [3.05, 3.63) is 65.2 Å². The van der Waals surface area contributed by atoms with Crippen LogP contribution in [0.2, 0.25) is 0 Å². The number of carbonyl (C=O) groups is 1. The van der Waals surface area contributed by atoms with Gasteiger partial charge in [0.15, 0.2) is 0 Å². The number of hydrogen-bond donors (Lipinski definition) is 1. The predicted octanol–water partition coefficient (Wildman–Crippen LogP) is 3.06. The second-order valence-electron chi connectivity index (χ2n) is 5.24. The van der Waals surface area contributed by atoms with Crippen molar-refractivity contribution in [2.24, 2.45) is 0 Å². The highest BCUT2D eigenvalue weighted by Crippen LogP contribution is 2.22. The highest BCUT2D eigenvalue weighted by atomic mass is 16.1. The summed E-state index contributed by atoms with van der Waals surface area (Å²) in [4.78, 5) is 14.0. The number of carbonyl (C=O) groups excluding carboxylic acids is 1. The van der Waals surface area contributed by atoms with Crippen LogP contribution in [0.1, 0.15) is 16.7 Å². The third-order valence-corrected chi connectivity index (χ3v) is 3.69. The minimum Gasteiger partial charge on any atom is -0.358 e. The van der Waals surface area contributed by atoms with Gasteiger partial charge in [-0.3, -0.25) is 4.79 Å². The maximum Gasteiger partial charge on any atom is 0.239 e. The Hall–Kier alpha value is -2.29. The molecular weight excluding hydrogens is 260 g/mol. The van der Waals surface area contributed by atoms with E-state index in [0.29, 0.717) is 6.54 Å². The molecule has 0 aliphatic carbocycles. The third kappa shape index (κ3) is 3.85. The molecule has 0 unspecified atom stereocenters. The molecule has 110 valence electrons. The van der Waals surface area contributed by atoms with Crippen LogP contribution in [0.15, 0.2) is 48.5 Å². The monoisotopic (exact) mass is 282 g/mol. The summed E-state index contributed by atoms with van der Waals surface area (Å²) in [7, 11) is 1.67. The van der Waals surface area contributed by atoms with E-state index in [1.807, 2.05) is 24.3 Å². The van der Waals surface area contributed by atoms with Crippen LogP contribution in [0, 0.1) is 13.8 Å². The Morgan fingerprint density at radius 1 is 1.00 bits per heavy atom. The Morgan fingerprint density at radius 2 is 1.62 bits per heavy atom. The maximum absolute atomic E-state index is 11.8. The zero-order valence-corrected chi connectivity index (χ0v) is 12.9. The minimum absolute atomic E-state index is 0.0202. The second kappa shape index (κ2) is 6.93. The van der Waals surface area contributed by atoms with Gasteiger partial charge in [0, 0.05) is 19.3 Å². The van der Waals surface area contributed by atoms with Crippen LogP contribution in [0.3, 0.4) is 0 Å². The number of aryl methyl sites for hydroxylation is 2. The van der Waals surface area contributed by atoms with Crippen LogP contribution in [0.4, 0.5) is 5.69 Å². The first-order valence-electron chi connectivity index (χ1n) is 7.17. The Balaban J connectivity index is 2.31. The molecule has 0 aliphatic rings. The zero-order valence-electron chi connectivity index (χ0n) is 12.9. The molecule has 0 spiro atoms. The lowest BCUT2D eigenvalue weighted by Crippen LogP contribution is -2.35. The second-order valence-corrected chi connectivity index (χ2v) is 5.24. The van der Waals surface area contributed by atoms with E-state index in [-0.39, 0.29) is 5.91 Å². The summed E-state index contributed by atoms with van der Waals surface area (Å²) in [5.41, 5.74) is 4.76. The summed E-state index contributed by atoms with van der Waals surface area (Å²) < 4.78 is 0. The lowest BCUT2D eigenvalue weighted by Gasteiger charge is -2.26. The van der Waals surface area contributed by atoms with E-state index in [0.717, 1.165) is 12.2 Å². The van der Waals surface area contributed by atoms with Gasteiger partial charge < -0.3 is 10.2 Å². The Kier molecular flexibility index (Phi) is 4.99. The third-order valence-electron chi connectivity index (χ3n) is 3.69. The largest absolute Gasteiger partial charge is 0.358 e. The number of nitrogens with zero attached hydrogens (tertiary/aromatic N) is 1. The first-order valence-corrected chi connectivity index (χ1v) is 7.17. The topological polar surface area (TPSA) is 32.3 Å². The summed E-state index contributed by atoms with van der Waals surface area (Å²) >= 11 is 0. The van der Waals surface area contributed by atoms with Gasteiger partial charge in [0.25, 0.3) is 0 Å². The molecule has 21 heavy (non-hydrogen) atoms. The Bertz CT molecular complexity index is 622. The van der Waals surface area contributed by atoms with Crippen LogP contribution in [0.5, 0.6) is 0 Å². The number of likely N-dealkylation sites (N-methyl/N-ethyl adjacent to an activating group) is 1. The quantitative estimate of drug-likeness (QED) is 0.914. The Morgan fingerprint density at radius 3 is 2.24 bits per heavy atom. The fraction of sp³-hybridized carbons (Fsp3) is 0.278. The number of rotatable bonds is 5. The van der Waals surface area contributed by atoms with Crippen molar-refractivity contribution >= 4 is 11.6 Å². The summed E-state index contributed by atoms with van der Waals surface area (Å²) in [5, 5.41) is 2.70. The molecule has 1 N–H and O–H groups in total. The highest BCUT2D eigenvalue weighted by Gasteiger charge is 2.14. The van der Waals surface area contributed by atoms with E-state index in [4.69, 9.17) is 0 Å². The molecule has 0 saturated heterocycles. The van der Waals surface area contributed by atoms with Gasteiger partial charge in [-0.05, 0) is 36.6 Å². The van der Waals surface area contributed by atoms with Gasteiger partial charge in [0.2, 0.25) is 5.91 Å². The van der Waals surface area contributed by atoms with E-state index in [9.17, 15) is 4.79 Å². The molecule has 0 fully saturated rings. The van der Waals surface area contributed by atoms with Crippen LogP contribution < -0.4 is 10.2 Å². The number of para-hydroxylation sites is 1. The van der Waals surface area contributed by atoms with E-state index >= 15 is 0 Å². The predicted molar refractivity (Wildman–Crippen MR) is 87.5 cm³/mol. The van der Waals surface area contributed by atoms with E-state index in [1.165, 1.54) is 16.7 Å². The van der Waals surface area contributed by atoms with Gasteiger partial charge in [0.1, 0.15) is 0 Å². The molecule has 2 aromatic rings. The summed E-state index contributed by atoms with van der Waals surface area (Å²) in [6.07, 6.45) is 0. The van der Waals surface area contributed by atoms with Crippen molar-refractivity contribution in [2.45, 2.75) is 20.4 Å². The fourth-order valence-corrected chi connectivity index (χ4v) is 2.39. The normalized spacial score (nSPS) is 10.2. The van der Waals surface area contributed by atoms with Crippen LogP contribution in [-0.2, 0) is 11.3 Å². The summed E-state index contributed by atoms with van der Waals surface area (Å²) in [6, 6.07) is 16.5. The van der Waals surface area contributed by atoms with Crippen molar-refractivity contribution in [3.8, 4) is 0 Å². The summed E-state index contributed by atoms with van der Waals surface area (Å²) in [6.45, 7) is 5.26. The van der Waals surface area contributed by atoms with Crippen LogP contribution in [0.25, 0.3) is 0 Å². The standard InChI is InChI=1S/C18H22N2O/c1-14-8-4-6-10-16(14)12-20(13-18(21)19-3)17-11-7-5-9-15(17)2/h4-11H,12-13H2,1-3H3,(H,19,21). The van der Waals surface area contributed by atoms with Crippen molar-refractivity contribution < 1.29 is 4.79 Å². The molecule has 0 aliphatic heterocycles. The number of nitrogens with one attached hydrogen (secondary N) is 1. The number of hydrogen-bond acceptors (Lipinski definition) is 2. The minimum atomic E-state index is 0.0202. The first-order chi connectivity index (χ1) is 10.1. The highest BCUT2D eigenvalue weighted by molar-refractivity contribution is 5.81. The number of amides is 1. The first kappa shape index (κ1) is 15.1. The molecule has 0 heterocycles. The molecule has 0 aromatic heterocycles. The average Bonchev–Trinajstić information content (AvgIpc) is 2.49. The smallest absolute Gasteiger partial charge is 0.239 e. The molecule has 3 heteroatoms. The van der Waals surface area contributed by atoms with Crippen molar-refractivity contribution in [1.29, 1.82) is 0 Å². The van der Waals surface area contributed by atoms with Crippen molar-refractivity contribution in [3.63, 3.8) is 0 Å². The number of anilines is 1. The van der Waals surface area contributed by atoms with Crippen molar-refractivity contribution in [1.82, 2.24) is 5.32 Å². The molecule has 3 nitrogen and oxygen atoms in total. The fourth-order valence-electron chi connectivity index (χ4n) is 2.39. The average molecular weight is 282 g/mol. The molecule has 0 bridgehead atoms.